The third-order valence-corrected chi connectivity index (χ3v) is 4.74. The Morgan fingerprint density at radius 3 is 2.17 bits per heavy atom. The molecule has 0 saturated carbocycles. The van der Waals surface area contributed by atoms with Gasteiger partial charge < -0.3 is 4.90 Å². The van der Waals surface area contributed by atoms with Crippen LogP contribution >= 0.6 is 0 Å². The smallest absolute Gasteiger partial charge is 0.248 e. The van der Waals surface area contributed by atoms with Gasteiger partial charge in [-0.05, 0) is 44.8 Å². The van der Waals surface area contributed by atoms with Gasteiger partial charge in [-0.25, -0.2) is 0 Å². The summed E-state index contributed by atoms with van der Waals surface area (Å²) in [7, 11) is 1.83. The predicted molar refractivity (Wildman–Crippen MR) is 101 cm³/mol. The third-order valence-electron chi connectivity index (χ3n) is 4.74. The molecule has 4 rings (SSSR count). The average molecular weight is 313 g/mol. The van der Waals surface area contributed by atoms with E-state index in [1.165, 1.54) is 32.3 Å². The molecule has 118 valence electrons. The van der Waals surface area contributed by atoms with Gasteiger partial charge in [0.05, 0.1) is 0 Å². The number of hydrogen-bond acceptors (Lipinski definition) is 1. The highest BCUT2D eigenvalue weighted by Gasteiger charge is 2.14. The van der Waals surface area contributed by atoms with Crippen molar-refractivity contribution in [1.82, 2.24) is 4.90 Å². The van der Waals surface area contributed by atoms with E-state index in [0.29, 0.717) is 12.1 Å². The Morgan fingerprint density at radius 2 is 1.50 bits per heavy atom. The minimum Gasteiger partial charge on any atom is -0.338 e. The first kappa shape index (κ1) is 14.7. The molecule has 4 aromatic rings. The molecule has 0 aromatic heterocycles. The fourth-order valence-corrected chi connectivity index (χ4v) is 3.59. The van der Waals surface area contributed by atoms with Crippen molar-refractivity contribution in [2.45, 2.75) is 13.5 Å². The molecule has 0 unspecified atom stereocenters. The molecular formula is C22H19NO. The van der Waals surface area contributed by atoms with Gasteiger partial charge in [-0.15, -0.1) is 0 Å². The van der Waals surface area contributed by atoms with Crippen LogP contribution in [-0.2, 0) is 11.3 Å². The molecule has 0 atom stereocenters. The second-order valence-corrected chi connectivity index (χ2v) is 6.52. The van der Waals surface area contributed by atoms with Crippen molar-refractivity contribution in [2.24, 2.45) is 0 Å². The summed E-state index contributed by atoms with van der Waals surface area (Å²) in [5.74, 6) is -0.0132. The molecule has 24 heavy (non-hydrogen) atoms. The first-order valence-electron chi connectivity index (χ1n) is 8.12. The number of carbonyl (C=O) groups is 1. The minimum absolute atomic E-state index is 0.0132. The molecular weight excluding hydrogens is 294 g/mol. The van der Waals surface area contributed by atoms with Gasteiger partial charge in [-0.1, -0.05) is 61.2 Å². The van der Waals surface area contributed by atoms with E-state index < -0.39 is 0 Å². The standard InChI is InChI=1S/C22H19NO/c1-14(2)22(24)23(3)13-18-10-9-17-8-7-15-5-4-6-16-11-12-19(18)21(17)20(15)16/h4-12H,1,13H2,2-3H3. The molecule has 1 amide bonds. The molecule has 0 fully saturated rings. The molecule has 0 saturated heterocycles. The van der Waals surface area contributed by atoms with E-state index in [1.54, 1.807) is 11.8 Å². The summed E-state index contributed by atoms with van der Waals surface area (Å²) >= 11 is 0. The zero-order valence-corrected chi connectivity index (χ0v) is 14.0. The van der Waals surface area contributed by atoms with Gasteiger partial charge in [0.1, 0.15) is 0 Å². The van der Waals surface area contributed by atoms with Crippen LogP contribution in [0.1, 0.15) is 12.5 Å². The molecule has 0 aliphatic carbocycles. The molecule has 0 radical (unpaired) electrons. The van der Waals surface area contributed by atoms with E-state index in [9.17, 15) is 4.79 Å². The molecule has 0 aliphatic rings. The van der Waals surface area contributed by atoms with Crippen molar-refractivity contribution >= 4 is 38.2 Å². The molecule has 0 heterocycles. The van der Waals surface area contributed by atoms with Gasteiger partial charge in [-0.2, -0.15) is 0 Å². The van der Waals surface area contributed by atoms with Crippen molar-refractivity contribution in [1.29, 1.82) is 0 Å². The Hall–Kier alpha value is -2.87. The maximum absolute atomic E-state index is 12.1. The van der Waals surface area contributed by atoms with E-state index in [0.717, 1.165) is 5.56 Å². The topological polar surface area (TPSA) is 20.3 Å². The van der Waals surface area contributed by atoms with Crippen LogP contribution < -0.4 is 0 Å². The Kier molecular flexibility index (Phi) is 3.27. The summed E-state index contributed by atoms with van der Waals surface area (Å²) < 4.78 is 0. The lowest BCUT2D eigenvalue weighted by Gasteiger charge is -2.20. The predicted octanol–water partition coefficient (Wildman–Crippen LogP) is 5.12. The van der Waals surface area contributed by atoms with Gasteiger partial charge in [0.25, 0.3) is 0 Å². The number of benzene rings is 4. The van der Waals surface area contributed by atoms with E-state index in [2.05, 4.69) is 61.2 Å². The summed E-state index contributed by atoms with van der Waals surface area (Å²) in [5.41, 5.74) is 1.73. The fourth-order valence-electron chi connectivity index (χ4n) is 3.59. The average Bonchev–Trinajstić information content (AvgIpc) is 2.60. The highest BCUT2D eigenvalue weighted by Crippen LogP contribution is 2.36. The van der Waals surface area contributed by atoms with Gasteiger partial charge in [0.15, 0.2) is 0 Å². The van der Waals surface area contributed by atoms with Crippen LogP contribution in [0.5, 0.6) is 0 Å². The van der Waals surface area contributed by atoms with Gasteiger partial charge >= 0.3 is 0 Å². The number of rotatable bonds is 3. The van der Waals surface area contributed by atoms with Gasteiger partial charge in [0.2, 0.25) is 5.91 Å². The van der Waals surface area contributed by atoms with Gasteiger partial charge in [0, 0.05) is 19.2 Å². The maximum Gasteiger partial charge on any atom is 0.248 e. The largest absolute Gasteiger partial charge is 0.338 e. The highest BCUT2D eigenvalue weighted by molar-refractivity contribution is 6.23. The summed E-state index contributed by atoms with van der Waals surface area (Å²) in [5, 5.41) is 7.58. The molecule has 0 bridgehead atoms. The second kappa shape index (κ2) is 5.34. The van der Waals surface area contributed by atoms with Crippen molar-refractivity contribution in [3.63, 3.8) is 0 Å². The number of hydrogen-bond donors (Lipinski definition) is 0. The van der Waals surface area contributed by atoms with Crippen molar-refractivity contribution in [3.05, 3.63) is 72.3 Å². The lowest BCUT2D eigenvalue weighted by Crippen LogP contribution is -2.26. The lowest BCUT2D eigenvalue weighted by atomic mass is 9.92. The molecule has 0 aliphatic heterocycles. The van der Waals surface area contributed by atoms with E-state index >= 15 is 0 Å². The molecule has 2 heteroatoms. The maximum atomic E-state index is 12.1. The van der Waals surface area contributed by atoms with Gasteiger partial charge in [-0.3, -0.25) is 4.79 Å². The van der Waals surface area contributed by atoms with Crippen LogP contribution in [0.15, 0.2) is 66.7 Å². The van der Waals surface area contributed by atoms with Crippen molar-refractivity contribution in [2.75, 3.05) is 7.05 Å². The van der Waals surface area contributed by atoms with Crippen LogP contribution in [0.4, 0.5) is 0 Å². The monoisotopic (exact) mass is 313 g/mol. The quantitative estimate of drug-likeness (QED) is 0.380. The molecule has 0 spiro atoms. The molecule has 4 aromatic carbocycles. The summed E-state index contributed by atoms with van der Waals surface area (Å²) in [6.07, 6.45) is 0. The second-order valence-electron chi connectivity index (χ2n) is 6.52. The fraction of sp³-hybridized carbons (Fsp3) is 0.136. The third kappa shape index (κ3) is 2.15. The Morgan fingerprint density at radius 1 is 0.917 bits per heavy atom. The highest BCUT2D eigenvalue weighted by atomic mass is 16.2. The number of amides is 1. The van der Waals surface area contributed by atoms with E-state index in [1.807, 2.05) is 7.05 Å². The van der Waals surface area contributed by atoms with Crippen LogP contribution in [0.3, 0.4) is 0 Å². The Labute approximate surface area is 141 Å². The van der Waals surface area contributed by atoms with Crippen LogP contribution in [-0.4, -0.2) is 17.9 Å². The van der Waals surface area contributed by atoms with Crippen LogP contribution in [0.25, 0.3) is 32.3 Å². The summed E-state index contributed by atoms with van der Waals surface area (Å²) in [4.78, 5) is 13.9. The molecule has 0 N–H and O–H groups in total. The Balaban J connectivity index is 1.94. The van der Waals surface area contributed by atoms with E-state index in [4.69, 9.17) is 0 Å². The number of carbonyl (C=O) groups excluding carboxylic acids is 1. The lowest BCUT2D eigenvalue weighted by molar-refractivity contribution is -0.126. The zero-order valence-electron chi connectivity index (χ0n) is 14.0. The summed E-state index contributed by atoms with van der Waals surface area (Å²) in [6.45, 7) is 6.09. The SMILES string of the molecule is C=C(C)C(=O)N(C)Cc1ccc2ccc3cccc4ccc1c2c34. The normalized spacial score (nSPS) is 11.4. The number of nitrogens with zero attached hydrogens (tertiary/aromatic N) is 1. The zero-order chi connectivity index (χ0) is 16.8. The Bertz CT molecular complexity index is 1080. The van der Waals surface area contributed by atoms with Crippen molar-refractivity contribution in [3.8, 4) is 0 Å². The van der Waals surface area contributed by atoms with Crippen molar-refractivity contribution < 1.29 is 4.79 Å². The minimum atomic E-state index is -0.0132. The first-order valence-corrected chi connectivity index (χ1v) is 8.12. The summed E-state index contributed by atoms with van der Waals surface area (Å²) in [6, 6.07) is 19.4. The van der Waals surface area contributed by atoms with Crippen LogP contribution in [0.2, 0.25) is 0 Å². The molecule has 2 nitrogen and oxygen atoms in total. The number of likely N-dealkylation sites (N-methyl/N-ethyl adjacent to an activating group) is 1. The first-order chi connectivity index (χ1) is 11.6. The van der Waals surface area contributed by atoms with Crippen LogP contribution in [0, 0.1) is 0 Å². The van der Waals surface area contributed by atoms with E-state index in [-0.39, 0.29) is 5.91 Å².